The fourth-order valence-electron chi connectivity index (χ4n) is 1.83. The molecule has 0 aliphatic rings. The van der Waals surface area contributed by atoms with Crippen LogP contribution in [0.15, 0.2) is 18.2 Å². The fraction of sp³-hybridized carbons (Fsp3) is 0. The summed E-state index contributed by atoms with van der Waals surface area (Å²) in [6, 6.07) is 7.31. The summed E-state index contributed by atoms with van der Waals surface area (Å²) >= 11 is 24.1. The molecular formula is C14H4Cl4N4O2. The molecule has 0 fully saturated rings. The van der Waals surface area contributed by atoms with Crippen LogP contribution in [0.3, 0.4) is 0 Å². The summed E-state index contributed by atoms with van der Waals surface area (Å²) in [7, 11) is 0. The Labute approximate surface area is 155 Å². The van der Waals surface area contributed by atoms with Crippen LogP contribution in [0.5, 0.6) is 0 Å². The Balaban J connectivity index is 2.62. The third-order valence-electron chi connectivity index (χ3n) is 2.97. The quantitative estimate of drug-likeness (QED) is 0.403. The lowest BCUT2D eigenvalue weighted by molar-refractivity contribution is -0.384. The molecule has 0 aliphatic heterocycles. The number of nitriles is 2. The van der Waals surface area contributed by atoms with E-state index in [0.717, 1.165) is 6.07 Å². The Morgan fingerprint density at radius 3 is 2.12 bits per heavy atom. The molecule has 10 heteroatoms. The largest absolute Gasteiger partial charge is 0.352 e. The van der Waals surface area contributed by atoms with Crippen molar-refractivity contribution in [3.8, 4) is 12.1 Å². The Bertz CT molecular complexity index is 948. The lowest BCUT2D eigenvalue weighted by atomic mass is 10.1. The normalized spacial score (nSPS) is 9.92. The number of anilines is 2. The van der Waals surface area contributed by atoms with E-state index < -0.39 is 4.92 Å². The van der Waals surface area contributed by atoms with Crippen molar-refractivity contribution in [1.29, 1.82) is 10.5 Å². The molecular weight excluding hydrogens is 398 g/mol. The predicted molar refractivity (Wildman–Crippen MR) is 92.3 cm³/mol. The number of non-ortho nitro benzene ring substituents is 1. The predicted octanol–water partition coefficient (Wildman–Crippen LogP) is 5.70. The van der Waals surface area contributed by atoms with Crippen LogP contribution in [-0.4, -0.2) is 4.92 Å². The van der Waals surface area contributed by atoms with Gasteiger partial charge in [-0.05, 0) is 6.07 Å². The van der Waals surface area contributed by atoms with Gasteiger partial charge in [-0.2, -0.15) is 10.5 Å². The number of nitrogens with one attached hydrogen (secondary N) is 1. The van der Waals surface area contributed by atoms with E-state index in [1.54, 1.807) is 6.07 Å². The summed E-state index contributed by atoms with van der Waals surface area (Å²) in [5, 5.41) is 31.5. The first-order chi connectivity index (χ1) is 11.3. The Morgan fingerprint density at radius 2 is 1.62 bits per heavy atom. The summed E-state index contributed by atoms with van der Waals surface area (Å²) in [5.74, 6) is 0. The van der Waals surface area contributed by atoms with Gasteiger partial charge in [0.25, 0.3) is 5.69 Å². The highest BCUT2D eigenvalue weighted by Crippen LogP contribution is 2.43. The van der Waals surface area contributed by atoms with Crippen LogP contribution in [0.1, 0.15) is 11.1 Å². The summed E-state index contributed by atoms with van der Waals surface area (Å²) in [6.45, 7) is 0. The van der Waals surface area contributed by atoms with Gasteiger partial charge < -0.3 is 5.32 Å². The van der Waals surface area contributed by atoms with E-state index in [1.165, 1.54) is 12.1 Å². The van der Waals surface area contributed by atoms with Crippen molar-refractivity contribution in [1.82, 2.24) is 0 Å². The van der Waals surface area contributed by atoms with Crippen molar-refractivity contribution < 1.29 is 4.92 Å². The molecule has 0 spiro atoms. The van der Waals surface area contributed by atoms with Crippen LogP contribution in [0.4, 0.5) is 17.1 Å². The Hall–Kier alpha value is -2.22. The zero-order valence-electron chi connectivity index (χ0n) is 11.4. The third kappa shape index (κ3) is 3.19. The summed E-state index contributed by atoms with van der Waals surface area (Å²) in [6.07, 6.45) is 0. The van der Waals surface area contributed by atoms with Crippen molar-refractivity contribution in [3.05, 3.63) is 59.5 Å². The SMILES string of the molecule is N#Cc1c(Cl)c(Cl)c(Nc2ccc([N+](=O)[O-])cc2Cl)c(C#N)c1Cl. The first-order valence-corrected chi connectivity index (χ1v) is 7.54. The van der Waals surface area contributed by atoms with E-state index >= 15 is 0 Å². The van der Waals surface area contributed by atoms with Crippen LogP contribution < -0.4 is 5.32 Å². The molecule has 0 aromatic heterocycles. The van der Waals surface area contributed by atoms with E-state index in [1.807, 2.05) is 6.07 Å². The molecule has 0 unspecified atom stereocenters. The van der Waals surface area contributed by atoms with Crippen LogP contribution in [0, 0.1) is 32.8 Å². The molecule has 0 amide bonds. The van der Waals surface area contributed by atoms with E-state index in [4.69, 9.17) is 51.7 Å². The second kappa shape index (κ2) is 7.12. The molecule has 0 aliphatic carbocycles. The first-order valence-electron chi connectivity index (χ1n) is 6.03. The Kier molecular flexibility index (Phi) is 5.38. The smallest absolute Gasteiger partial charge is 0.271 e. The number of hydrogen-bond acceptors (Lipinski definition) is 5. The van der Waals surface area contributed by atoms with Gasteiger partial charge in [-0.25, -0.2) is 0 Å². The number of hydrogen-bond donors (Lipinski definition) is 1. The number of nitro groups is 1. The molecule has 0 saturated carbocycles. The van der Waals surface area contributed by atoms with Crippen LogP contribution >= 0.6 is 46.4 Å². The van der Waals surface area contributed by atoms with Gasteiger partial charge in [0.2, 0.25) is 0 Å². The van der Waals surface area contributed by atoms with Crippen LogP contribution in [0.2, 0.25) is 20.1 Å². The van der Waals surface area contributed by atoms with Gasteiger partial charge in [0.15, 0.2) is 0 Å². The van der Waals surface area contributed by atoms with Gasteiger partial charge in [-0.15, -0.1) is 0 Å². The van der Waals surface area contributed by atoms with Crippen LogP contribution in [0.25, 0.3) is 0 Å². The number of halogens is 4. The van der Waals surface area contributed by atoms with E-state index in [0.29, 0.717) is 0 Å². The van der Waals surface area contributed by atoms with Crippen molar-refractivity contribution >= 4 is 63.5 Å². The number of nitrogens with zero attached hydrogens (tertiary/aromatic N) is 3. The maximum atomic E-state index is 10.7. The first kappa shape index (κ1) is 18.1. The molecule has 0 radical (unpaired) electrons. The third-order valence-corrected chi connectivity index (χ3v) is 4.51. The minimum absolute atomic E-state index is 0.0285. The van der Waals surface area contributed by atoms with Gasteiger partial charge in [-0.1, -0.05) is 46.4 Å². The van der Waals surface area contributed by atoms with Crippen molar-refractivity contribution in [2.45, 2.75) is 0 Å². The Morgan fingerprint density at radius 1 is 1.00 bits per heavy atom. The van der Waals surface area contributed by atoms with E-state index in [-0.39, 0.29) is 48.3 Å². The average molecular weight is 402 g/mol. The van der Waals surface area contributed by atoms with Crippen molar-refractivity contribution in [2.75, 3.05) is 5.32 Å². The summed E-state index contributed by atoms with van der Waals surface area (Å²) in [5.41, 5.74) is -0.133. The minimum Gasteiger partial charge on any atom is -0.352 e. The summed E-state index contributed by atoms with van der Waals surface area (Å²) < 4.78 is 0. The zero-order chi connectivity index (χ0) is 18.0. The number of rotatable bonds is 3. The highest BCUT2D eigenvalue weighted by atomic mass is 35.5. The molecule has 2 aromatic carbocycles. The number of benzene rings is 2. The molecule has 0 heterocycles. The summed E-state index contributed by atoms with van der Waals surface area (Å²) in [4.78, 5) is 10.1. The van der Waals surface area contributed by atoms with E-state index in [9.17, 15) is 15.4 Å². The lowest BCUT2D eigenvalue weighted by Gasteiger charge is -2.15. The topological polar surface area (TPSA) is 103 Å². The molecule has 24 heavy (non-hydrogen) atoms. The molecule has 1 N–H and O–H groups in total. The highest BCUT2D eigenvalue weighted by molar-refractivity contribution is 6.47. The van der Waals surface area contributed by atoms with Crippen molar-refractivity contribution in [2.24, 2.45) is 0 Å². The number of nitro benzene ring substituents is 1. The van der Waals surface area contributed by atoms with Gasteiger partial charge >= 0.3 is 0 Å². The molecule has 0 saturated heterocycles. The van der Waals surface area contributed by atoms with Crippen LogP contribution in [-0.2, 0) is 0 Å². The van der Waals surface area contributed by atoms with Crippen molar-refractivity contribution in [3.63, 3.8) is 0 Å². The maximum Gasteiger partial charge on any atom is 0.271 e. The van der Waals surface area contributed by atoms with Gasteiger partial charge in [-0.3, -0.25) is 10.1 Å². The second-order valence-electron chi connectivity index (χ2n) is 4.34. The fourth-order valence-corrected chi connectivity index (χ4v) is 2.85. The zero-order valence-corrected chi connectivity index (χ0v) is 14.4. The monoisotopic (exact) mass is 400 g/mol. The average Bonchev–Trinajstić information content (AvgIpc) is 2.54. The molecule has 0 atom stereocenters. The minimum atomic E-state index is -0.598. The van der Waals surface area contributed by atoms with Gasteiger partial charge in [0, 0.05) is 12.1 Å². The van der Waals surface area contributed by atoms with Gasteiger partial charge in [0.05, 0.1) is 47.5 Å². The standard InChI is InChI=1S/C14H4Cl4N4O2/c15-9-3-6(22(23)24)1-2-10(9)21-14-8(5-20)11(16)7(4-19)12(17)13(14)18/h1-3,21H. The molecule has 6 nitrogen and oxygen atoms in total. The van der Waals surface area contributed by atoms with Gasteiger partial charge in [0.1, 0.15) is 12.1 Å². The second-order valence-corrected chi connectivity index (χ2v) is 5.88. The molecule has 120 valence electrons. The highest BCUT2D eigenvalue weighted by Gasteiger charge is 2.22. The maximum absolute atomic E-state index is 10.7. The molecule has 2 aromatic rings. The van der Waals surface area contributed by atoms with E-state index in [2.05, 4.69) is 5.32 Å². The molecule has 0 bridgehead atoms. The molecule has 2 rings (SSSR count). The lowest BCUT2D eigenvalue weighted by Crippen LogP contribution is -2.00.